The summed E-state index contributed by atoms with van der Waals surface area (Å²) in [4.78, 5) is 14.5. The van der Waals surface area contributed by atoms with E-state index in [1.165, 1.54) is 4.40 Å². The summed E-state index contributed by atoms with van der Waals surface area (Å²) >= 11 is 0. The fourth-order valence-corrected chi connectivity index (χ4v) is 1.34. The highest BCUT2D eigenvalue weighted by atomic mass is 16.4. The van der Waals surface area contributed by atoms with Crippen LogP contribution in [0.3, 0.4) is 0 Å². The van der Waals surface area contributed by atoms with Crippen molar-refractivity contribution in [3.63, 3.8) is 0 Å². The number of nitrogens with zero attached hydrogens (tertiary/aromatic N) is 2. The van der Waals surface area contributed by atoms with Crippen molar-refractivity contribution < 1.29 is 15.0 Å². The SMILES string of the molecule is Cc1ccc2nc(O)c(C(=O)O)n2c1. The zero-order valence-electron chi connectivity index (χ0n) is 7.43. The van der Waals surface area contributed by atoms with E-state index in [2.05, 4.69) is 4.98 Å². The average Bonchev–Trinajstić information content (AvgIpc) is 2.40. The van der Waals surface area contributed by atoms with Gasteiger partial charge in [0.15, 0.2) is 5.69 Å². The number of aromatic nitrogens is 2. The quantitative estimate of drug-likeness (QED) is 0.708. The molecular formula is C9H8N2O3. The van der Waals surface area contributed by atoms with Crippen molar-refractivity contribution in [2.75, 3.05) is 0 Å². The summed E-state index contributed by atoms with van der Waals surface area (Å²) in [5.74, 6) is -1.65. The molecule has 2 aromatic heterocycles. The van der Waals surface area contributed by atoms with E-state index in [0.29, 0.717) is 5.65 Å². The van der Waals surface area contributed by atoms with E-state index in [1.54, 1.807) is 18.3 Å². The summed E-state index contributed by atoms with van der Waals surface area (Å²) in [6, 6.07) is 3.45. The monoisotopic (exact) mass is 192 g/mol. The van der Waals surface area contributed by atoms with Crippen molar-refractivity contribution in [1.29, 1.82) is 0 Å². The van der Waals surface area contributed by atoms with Crippen molar-refractivity contribution in [2.24, 2.45) is 0 Å². The molecule has 14 heavy (non-hydrogen) atoms. The zero-order valence-corrected chi connectivity index (χ0v) is 7.43. The van der Waals surface area contributed by atoms with Gasteiger partial charge in [-0.2, -0.15) is 4.98 Å². The maximum atomic E-state index is 10.8. The van der Waals surface area contributed by atoms with Crippen molar-refractivity contribution in [2.45, 2.75) is 6.92 Å². The Kier molecular flexibility index (Phi) is 1.67. The first-order chi connectivity index (χ1) is 6.59. The number of rotatable bonds is 1. The minimum atomic E-state index is -1.19. The first-order valence-corrected chi connectivity index (χ1v) is 4.00. The molecule has 2 heterocycles. The molecule has 2 aromatic rings. The normalized spacial score (nSPS) is 10.6. The number of carboxylic acids is 1. The third-order valence-electron chi connectivity index (χ3n) is 1.95. The van der Waals surface area contributed by atoms with E-state index in [1.807, 2.05) is 6.92 Å². The van der Waals surface area contributed by atoms with Crippen molar-refractivity contribution in [3.8, 4) is 5.88 Å². The third-order valence-corrected chi connectivity index (χ3v) is 1.95. The molecule has 0 saturated heterocycles. The second-order valence-electron chi connectivity index (χ2n) is 3.02. The topological polar surface area (TPSA) is 74.8 Å². The Balaban J connectivity index is 2.86. The van der Waals surface area contributed by atoms with E-state index in [0.717, 1.165) is 5.56 Å². The van der Waals surface area contributed by atoms with Crippen molar-refractivity contribution >= 4 is 11.6 Å². The van der Waals surface area contributed by atoms with E-state index < -0.39 is 11.8 Å². The number of carboxylic acid groups (broad SMARTS) is 1. The smallest absolute Gasteiger partial charge is 0.358 e. The molecule has 2 rings (SSSR count). The molecular weight excluding hydrogens is 184 g/mol. The Morgan fingerprint density at radius 2 is 2.21 bits per heavy atom. The number of aryl methyl sites for hydroxylation is 1. The van der Waals surface area contributed by atoms with Gasteiger partial charge in [-0.05, 0) is 18.6 Å². The van der Waals surface area contributed by atoms with Gasteiger partial charge in [0, 0.05) is 6.20 Å². The predicted octanol–water partition coefficient (Wildman–Crippen LogP) is 1.05. The highest BCUT2D eigenvalue weighted by Gasteiger charge is 2.17. The molecule has 5 heteroatoms. The largest absolute Gasteiger partial charge is 0.492 e. The number of imidazole rings is 1. The van der Waals surface area contributed by atoms with Crippen LogP contribution in [0.5, 0.6) is 5.88 Å². The lowest BCUT2D eigenvalue weighted by Gasteiger charge is -1.97. The lowest BCUT2D eigenvalue weighted by molar-refractivity contribution is 0.0686. The zero-order chi connectivity index (χ0) is 10.3. The minimum absolute atomic E-state index is 0.205. The van der Waals surface area contributed by atoms with E-state index in [4.69, 9.17) is 5.11 Å². The third kappa shape index (κ3) is 1.10. The van der Waals surface area contributed by atoms with Crippen LogP contribution in [0.2, 0.25) is 0 Å². The second kappa shape index (κ2) is 2.73. The molecule has 2 N–H and O–H groups in total. The first kappa shape index (κ1) is 8.55. The Bertz CT molecular complexity index is 516. The summed E-state index contributed by atoms with van der Waals surface area (Å²) in [6.07, 6.45) is 1.62. The van der Waals surface area contributed by atoms with Crippen LogP contribution in [-0.4, -0.2) is 25.6 Å². The molecule has 0 aliphatic carbocycles. The van der Waals surface area contributed by atoms with Crippen LogP contribution >= 0.6 is 0 Å². The highest BCUT2D eigenvalue weighted by molar-refractivity contribution is 5.89. The van der Waals surface area contributed by atoms with Gasteiger partial charge >= 0.3 is 5.97 Å². The number of carbonyl (C=O) groups is 1. The molecule has 0 aromatic carbocycles. The second-order valence-corrected chi connectivity index (χ2v) is 3.02. The molecule has 0 saturated carbocycles. The van der Waals surface area contributed by atoms with Crippen LogP contribution in [0.15, 0.2) is 18.3 Å². The summed E-state index contributed by atoms with van der Waals surface area (Å²) in [7, 11) is 0. The predicted molar refractivity (Wildman–Crippen MR) is 48.6 cm³/mol. The molecule has 0 spiro atoms. The average molecular weight is 192 g/mol. The molecule has 0 unspecified atom stereocenters. The highest BCUT2D eigenvalue weighted by Crippen LogP contribution is 2.18. The van der Waals surface area contributed by atoms with Gasteiger partial charge < -0.3 is 10.2 Å². The van der Waals surface area contributed by atoms with Crippen LogP contribution in [0.1, 0.15) is 16.1 Å². The first-order valence-electron chi connectivity index (χ1n) is 4.00. The molecule has 0 aliphatic heterocycles. The van der Waals surface area contributed by atoms with Gasteiger partial charge in [-0.3, -0.25) is 4.40 Å². The lowest BCUT2D eigenvalue weighted by Crippen LogP contribution is -2.01. The van der Waals surface area contributed by atoms with Gasteiger partial charge in [0.1, 0.15) is 5.65 Å². The maximum absolute atomic E-state index is 10.8. The van der Waals surface area contributed by atoms with Crippen LogP contribution < -0.4 is 0 Å². The molecule has 0 amide bonds. The standard InChI is InChI=1S/C9H8N2O3/c1-5-2-3-6-10-8(12)7(9(13)14)11(6)4-5/h2-4,12H,1H3,(H,13,14). The summed E-state index contributed by atoms with van der Waals surface area (Å²) in [5, 5.41) is 18.1. The number of hydrogen-bond acceptors (Lipinski definition) is 3. The molecule has 0 radical (unpaired) electrons. The van der Waals surface area contributed by atoms with Gasteiger partial charge in [0.2, 0.25) is 5.88 Å². The van der Waals surface area contributed by atoms with Gasteiger partial charge in [-0.1, -0.05) is 6.07 Å². The molecule has 0 atom stereocenters. The Hall–Kier alpha value is -2.04. The van der Waals surface area contributed by atoms with Crippen LogP contribution in [-0.2, 0) is 0 Å². The van der Waals surface area contributed by atoms with Crippen molar-refractivity contribution in [1.82, 2.24) is 9.38 Å². The lowest BCUT2D eigenvalue weighted by atomic mass is 10.3. The Morgan fingerprint density at radius 3 is 2.86 bits per heavy atom. The molecule has 0 aliphatic rings. The summed E-state index contributed by atoms with van der Waals surface area (Å²) < 4.78 is 1.35. The van der Waals surface area contributed by atoms with Gasteiger partial charge in [-0.25, -0.2) is 4.79 Å². The van der Waals surface area contributed by atoms with Crippen LogP contribution in [0, 0.1) is 6.92 Å². The minimum Gasteiger partial charge on any atom is -0.492 e. The fourth-order valence-electron chi connectivity index (χ4n) is 1.34. The molecule has 5 nitrogen and oxygen atoms in total. The van der Waals surface area contributed by atoms with Gasteiger partial charge in [0.05, 0.1) is 0 Å². The fraction of sp³-hybridized carbons (Fsp3) is 0.111. The number of hydrogen-bond donors (Lipinski definition) is 2. The Labute approximate surface area is 79.2 Å². The number of fused-ring (bicyclic) bond motifs is 1. The van der Waals surface area contributed by atoms with Crippen LogP contribution in [0.4, 0.5) is 0 Å². The number of aromatic hydroxyl groups is 1. The number of aromatic carboxylic acids is 1. The van der Waals surface area contributed by atoms with Gasteiger partial charge in [0.25, 0.3) is 0 Å². The van der Waals surface area contributed by atoms with E-state index in [-0.39, 0.29) is 5.69 Å². The Morgan fingerprint density at radius 1 is 1.50 bits per heavy atom. The maximum Gasteiger partial charge on any atom is 0.358 e. The van der Waals surface area contributed by atoms with Crippen molar-refractivity contribution in [3.05, 3.63) is 29.6 Å². The van der Waals surface area contributed by atoms with Crippen LogP contribution in [0.25, 0.3) is 5.65 Å². The molecule has 0 bridgehead atoms. The summed E-state index contributed by atoms with van der Waals surface area (Å²) in [6.45, 7) is 1.84. The molecule has 72 valence electrons. The van der Waals surface area contributed by atoms with Gasteiger partial charge in [-0.15, -0.1) is 0 Å². The number of pyridine rings is 1. The van der Waals surface area contributed by atoms with E-state index in [9.17, 15) is 9.90 Å². The van der Waals surface area contributed by atoms with E-state index >= 15 is 0 Å². The summed E-state index contributed by atoms with van der Waals surface area (Å²) in [5.41, 5.74) is 1.12. The molecule has 0 fully saturated rings.